The zero-order valence-corrected chi connectivity index (χ0v) is 16.0. The van der Waals surface area contributed by atoms with Crippen LogP contribution in [0.25, 0.3) is 0 Å². The van der Waals surface area contributed by atoms with Crippen molar-refractivity contribution in [1.29, 1.82) is 0 Å². The lowest BCUT2D eigenvalue weighted by molar-refractivity contribution is -0.139. The van der Waals surface area contributed by atoms with Gasteiger partial charge in [-0.25, -0.2) is 0 Å². The van der Waals surface area contributed by atoms with Gasteiger partial charge in [-0.05, 0) is 43.3 Å². The number of carbonyl (C=O) groups excluding carboxylic acids is 4. The van der Waals surface area contributed by atoms with Crippen LogP contribution in [0.3, 0.4) is 0 Å². The van der Waals surface area contributed by atoms with E-state index < -0.39 is 11.9 Å². The summed E-state index contributed by atoms with van der Waals surface area (Å²) in [6.07, 6.45) is 0.521. The van der Waals surface area contributed by atoms with E-state index in [0.717, 1.165) is 16.2 Å². The highest BCUT2D eigenvalue weighted by Gasteiger charge is 2.36. The Labute approximate surface area is 167 Å². The molecule has 3 amide bonds. The van der Waals surface area contributed by atoms with Crippen LogP contribution in [0.2, 0.25) is 0 Å². The summed E-state index contributed by atoms with van der Waals surface area (Å²) in [5.41, 5.74) is 2.32. The Morgan fingerprint density at radius 3 is 2.07 bits per heavy atom. The molecule has 4 rings (SSSR count). The fourth-order valence-electron chi connectivity index (χ4n) is 3.57. The minimum atomic E-state index is -0.551. The van der Waals surface area contributed by atoms with Gasteiger partial charge in [-0.1, -0.05) is 17.7 Å². The Balaban J connectivity index is 1.40. The van der Waals surface area contributed by atoms with Gasteiger partial charge in [0.25, 0.3) is 0 Å². The molecule has 29 heavy (non-hydrogen) atoms. The van der Waals surface area contributed by atoms with Gasteiger partial charge in [0, 0.05) is 31.5 Å². The third kappa shape index (κ3) is 3.76. The molecule has 0 radical (unpaired) electrons. The Kier molecular flexibility index (Phi) is 4.88. The molecule has 7 heteroatoms. The number of imide groups is 1. The third-order valence-electron chi connectivity index (χ3n) is 5.17. The van der Waals surface area contributed by atoms with E-state index >= 15 is 0 Å². The molecule has 2 saturated heterocycles. The summed E-state index contributed by atoms with van der Waals surface area (Å²) in [6.45, 7) is 2.24. The lowest BCUT2D eigenvalue weighted by Crippen LogP contribution is -2.28. The average molecular weight is 392 g/mol. The van der Waals surface area contributed by atoms with E-state index in [2.05, 4.69) is 0 Å². The highest BCUT2D eigenvalue weighted by Crippen LogP contribution is 2.28. The standard InChI is InChI=1S/C22H20N2O5/c1-14-2-4-16(5-3-14)23-13-15(12-21(23)27)22(28)29-18-8-6-17(7-9-18)24-19(25)10-11-20(24)26/h2-9,15H,10-13H2,1H3/t15-/m1/s1. The zero-order valence-electron chi connectivity index (χ0n) is 16.0. The molecule has 2 aliphatic rings. The SMILES string of the molecule is Cc1ccc(N2C[C@H](C(=O)Oc3ccc(N4C(=O)CCC4=O)cc3)CC2=O)cc1. The number of rotatable bonds is 4. The van der Waals surface area contributed by atoms with Crippen LogP contribution >= 0.6 is 0 Å². The normalized spacial score (nSPS) is 19.2. The van der Waals surface area contributed by atoms with Crippen LogP contribution in [-0.2, 0) is 19.2 Å². The molecule has 2 aromatic rings. The lowest BCUT2D eigenvalue weighted by atomic mass is 10.1. The minimum absolute atomic E-state index is 0.0988. The predicted molar refractivity (Wildman–Crippen MR) is 105 cm³/mol. The summed E-state index contributed by atoms with van der Waals surface area (Å²) < 4.78 is 5.42. The fraction of sp³-hybridized carbons (Fsp3) is 0.273. The van der Waals surface area contributed by atoms with Gasteiger partial charge in [0.15, 0.2) is 0 Å². The highest BCUT2D eigenvalue weighted by molar-refractivity contribution is 6.19. The van der Waals surface area contributed by atoms with Crippen molar-refractivity contribution in [2.75, 3.05) is 16.3 Å². The maximum atomic E-state index is 12.5. The molecular weight excluding hydrogens is 372 g/mol. The fourth-order valence-corrected chi connectivity index (χ4v) is 3.57. The molecule has 2 aliphatic heterocycles. The third-order valence-corrected chi connectivity index (χ3v) is 5.17. The van der Waals surface area contributed by atoms with Gasteiger partial charge in [0.2, 0.25) is 17.7 Å². The maximum absolute atomic E-state index is 12.5. The molecule has 2 fully saturated rings. The largest absolute Gasteiger partial charge is 0.426 e. The van der Waals surface area contributed by atoms with Crippen molar-refractivity contribution >= 4 is 35.1 Å². The van der Waals surface area contributed by atoms with Gasteiger partial charge in [-0.15, -0.1) is 0 Å². The van der Waals surface area contributed by atoms with Gasteiger partial charge in [-0.2, -0.15) is 0 Å². The van der Waals surface area contributed by atoms with Crippen LogP contribution in [0.5, 0.6) is 5.75 Å². The number of hydrogen-bond donors (Lipinski definition) is 0. The van der Waals surface area contributed by atoms with E-state index in [4.69, 9.17) is 4.74 Å². The first kappa shape index (κ1) is 18.9. The summed E-state index contributed by atoms with van der Waals surface area (Å²) in [5, 5.41) is 0. The molecule has 0 unspecified atom stereocenters. The lowest BCUT2D eigenvalue weighted by Gasteiger charge is -2.17. The highest BCUT2D eigenvalue weighted by atomic mass is 16.5. The Hall–Kier alpha value is -3.48. The van der Waals surface area contributed by atoms with Crippen molar-refractivity contribution in [1.82, 2.24) is 0 Å². The smallest absolute Gasteiger partial charge is 0.316 e. The van der Waals surface area contributed by atoms with Crippen molar-refractivity contribution in [2.45, 2.75) is 26.2 Å². The molecule has 0 aromatic heterocycles. The number of benzene rings is 2. The topological polar surface area (TPSA) is 84.0 Å². The van der Waals surface area contributed by atoms with Gasteiger partial charge < -0.3 is 9.64 Å². The summed E-state index contributed by atoms with van der Waals surface area (Å²) in [7, 11) is 0. The van der Waals surface area contributed by atoms with E-state index in [0.29, 0.717) is 11.4 Å². The first-order chi connectivity index (χ1) is 13.9. The second kappa shape index (κ2) is 7.50. The van der Waals surface area contributed by atoms with Crippen LogP contribution in [0.1, 0.15) is 24.8 Å². The first-order valence-corrected chi connectivity index (χ1v) is 9.47. The Morgan fingerprint density at radius 2 is 1.45 bits per heavy atom. The molecule has 2 aromatic carbocycles. The number of aryl methyl sites for hydroxylation is 1. The molecule has 2 heterocycles. The molecular formula is C22H20N2O5. The molecule has 7 nitrogen and oxygen atoms in total. The number of anilines is 2. The van der Waals surface area contributed by atoms with Crippen LogP contribution in [0.15, 0.2) is 48.5 Å². The van der Waals surface area contributed by atoms with Crippen LogP contribution < -0.4 is 14.5 Å². The Bertz CT molecular complexity index is 965. The van der Waals surface area contributed by atoms with Gasteiger partial charge >= 0.3 is 5.97 Å². The van der Waals surface area contributed by atoms with E-state index in [9.17, 15) is 19.2 Å². The van der Waals surface area contributed by atoms with Gasteiger partial charge in [0.05, 0.1) is 11.6 Å². The summed E-state index contributed by atoms with van der Waals surface area (Å²) in [6, 6.07) is 13.8. The predicted octanol–water partition coefficient (Wildman–Crippen LogP) is 2.61. The summed E-state index contributed by atoms with van der Waals surface area (Å²) in [4.78, 5) is 51.2. The van der Waals surface area contributed by atoms with Crippen molar-refractivity contribution in [3.8, 4) is 5.75 Å². The molecule has 0 saturated carbocycles. The zero-order chi connectivity index (χ0) is 20.5. The first-order valence-electron chi connectivity index (χ1n) is 9.47. The van der Waals surface area contributed by atoms with E-state index in [1.54, 1.807) is 29.2 Å². The van der Waals surface area contributed by atoms with Crippen LogP contribution in [-0.4, -0.2) is 30.2 Å². The van der Waals surface area contributed by atoms with Crippen LogP contribution in [0.4, 0.5) is 11.4 Å². The molecule has 0 aliphatic carbocycles. The Morgan fingerprint density at radius 1 is 0.862 bits per heavy atom. The number of nitrogens with zero attached hydrogens (tertiary/aromatic N) is 2. The van der Waals surface area contributed by atoms with E-state index in [1.807, 2.05) is 31.2 Å². The molecule has 148 valence electrons. The van der Waals surface area contributed by atoms with Crippen molar-refractivity contribution in [2.24, 2.45) is 5.92 Å². The summed E-state index contributed by atoms with van der Waals surface area (Å²) in [5.74, 6) is -1.31. The number of amides is 3. The molecule has 0 N–H and O–H groups in total. The van der Waals surface area contributed by atoms with E-state index in [1.165, 1.54) is 0 Å². The van der Waals surface area contributed by atoms with Crippen molar-refractivity contribution < 1.29 is 23.9 Å². The molecule has 1 atom stereocenters. The monoisotopic (exact) mass is 392 g/mol. The van der Waals surface area contributed by atoms with Gasteiger partial charge in [-0.3, -0.25) is 24.1 Å². The number of hydrogen-bond acceptors (Lipinski definition) is 5. The van der Waals surface area contributed by atoms with Crippen molar-refractivity contribution in [3.63, 3.8) is 0 Å². The molecule has 0 spiro atoms. The van der Waals surface area contributed by atoms with E-state index in [-0.39, 0.29) is 43.5 Å². The molecule has 0 bridgehead atoms. The minimum Gasteiger partial charge on any atom is -0.426 e. The van der Waals surface area contributed by atoms with Crippen LogP contribution in [0, 0.1) is 12.8 Å². The number of ether oxygens (including phenoxy) is 1. The van der Waals surface area contributed by atoms with Gasteiger partial charge in [0.1, 0.15) is 5.75 Å². The summed E-state index contributed by atoms with van der Waals surface area (Å²) >= 11 is 0. The average Bonchev–Trinajstić information content (AvgIpc) is 3.25. The van der Waals surface area contributed by atoms with Crippen molar-refractivity contribution in [3.05, 3.63) is 54.1 Å². The number of esters is 1. The number of carbonyl (C=O) groups is 4. The quantitative estimate of drug-likeness (QED) is 0.454. The second-order valence-corrected chi connectivity index (χ2v) is 7.28. The maximum Gasteiger partial charge on any atom is 0.316 e. The second-order valence-electron chi connectivity index (χ2n) is 7.28.